The number of amides is 1. The summed E-state index contributed by atoms with van der Waals surface area (Å²) < 4.78 is 5.29. The van der Waals surface area contributed by atoms with Crippen molar-refractivity contribution in [3.8, 4) is 0 Å². The summed E-state index contributed by atoms with van der Waals surface area (Å²) >= 11 is 0. The molecule has 2 N–H and O–H groups in total. The molecular weight excluding hydrogens is 264 g/mol. The predicted molar refractivity (Wildman–Crippen MR) is 85.1 cm³/mol. The molecule has 2 aliphatic carbocycles. The lowest BCUT2D eigenvalue weighted by molar-refractivity contribution is 0.0512. The van der Waals surface area contributed by atoms with Gasteiger partial charge in [0.25, 0.3) is 0 Å². The molecule has 21 heavy (non-hydrogen) atoms. The summed E-state index contributed by atoms with van der Waals surface area (Å²) in [4.78, 5) is 11.8. The molecule has 0 spiro atoms. The average molecular weight is 294 g/mol. The van der Waals surface area contributed by atoms with Gasteiger partial charge in [0.2, 0.25) is 0 Å². The molecule has 4 atom stereocenters. The largest absolute Gasteiger partial charge is 0.444 e. The number of ether oxygens (including phenoxy) is 1. The highest BCUT2D eigenvalue weighted by atomic mass is 16.6. The number of carbonyl (C=O) groups excluding carboxylic acids is 1. The van der Waals surface area contributed by atoms with E-state index in [4.69, 9.17) is 4.74 Å². The lowest BCUT2D eigenvalue weighted by atomic mass is 9.71. The lowest BCUT2D eigenvalue weighted by Gasteiger charge is -2.43. The Labute approximate surface area is 128 Å². The Kier molecular flexibility index (Phi) is 4.97. The maximum atomic E-state index is 11.8. The van der Waals surface area contributed by atoms with Gasteiger partial charge >= 0.3 is 6.09 Å². The number of carbonyl (C=O) groups is 1. The van der Waals surface area contributed by atoms with Crippen molar-refractivity contribution in [2.45, 2.75) is 65.1 Å². The van der Waals surface area contributed by atoms with Gasteiger partial charge in [0.15, 0.2) is 0 Å². The number of hydrogen-bond donors (Lipinski definition) is 2. The van der Waals surface area contributed by atoms with Crippen LogP contribution in [0.1, 0.15) is 47.5 Å². The van der Waals surface area contributed by atoms with E-state index in [1.54, 1.807) is 0 Å². The van der Waals surface area contributed by atoms with E-state index in [2.05, 4.69) is 36.6 Å². The molecule has 2 aliphatic rings. The van der Waals surface area contributed by atoms with E-state index in [0.717, 1.165) is 5.92 Å². The smallest absolute Gasteiger partial charge is 0.407 e. The Hall–Kier alpha value is -1.03. The molecule has 4 heteroatoms. The van der Waals surface area contributed by atoms with Crippen LogP contribution in [0.5, 0.6) is 0 Å². The van der Waals surface area contributed by atoms with Crippen LogP contribution in [0.3, 0.4) is 0 Å². The Bertz CT molecular complexity index is 398. The van der Waals surface area contributed by atoms with Gasteiger partial charge in [-0.15, -0.1) is 0 Å². The van der Waals surface area contributed by atoms with Gasteiger partial charge in [0.1, 0.15) is 5.60 Å². The van der Waals surface area contributed by atoms with Gasteiger partial charge in [-0.05, 0) is 51.4 Å². The molecular formula is C17H30N2O2. The SMILES string of the molecule is CC(C)C(CNC(=O)OC(C)(C)C)NC1CC2CC=CC21. The van der Waals surface area contributed by atoms with E-state index in [1.165, 1.54) is 12.8 Å². The molecule has 0 bridgehead atoms. The summed E-state index contributed by atoms with van der Waals surface area (Å²) in [6.45, 7) is 10.6. The Morgan fingerprint density at radius 1 is 1.38 bits per heavy atom. The van der Waals surface area contributed by atoms with Crippen LogP contribution in [0.2, 0.25) is 0 Å². The number of hydrogen-bond acceptors (Lipinski definition) is 3. The summed E-state index contributed by atoms with van der Waals surface area (Å²) in [6.07, 6.45) is 6.82. The van der Waals surface area contributed by atoms with E-state index < -0.39 is 5.60 Å². The number of nitrogens with one attached hydrogen (secondary N) is 2. The van der Waals surface area contributed by atoms with Crippen LogP contribution in [-0.2, 0) is 4.74 Å². The highest BCUT2D eigenvalue weighted by Gasteiger charge is 2.41. The second-order valence-electron chi connectivity index (χ2n) is 7.74. The highest BCUT2D eigenvalue weighted by Crippen LogP contribution is 2.42. The van der Waals surface area contributed by atoms with Crippen LogP contribution in [0, 0.1) is 17.8 Å². The molecule has 0 heterocycles. The summed E-state index contributed by atoms with van der Waals surface area (Å²) in [6, 6.07) is 0.860. The van der Waals surface area contributed by atoms with Gasteiger partial charge < -0.3 is 15.4 Å². The fraction of sp³-hybridized carbons (Fsp3) is 0.824. The van der Waals surface area contributed by atoms with Crippen molar-refractivity contribution in [1.82, 2.24) is 10.6 Å². The summed E-state index contributed by atoms with van der Waals surface area (Å²) in [5.74, 6) is 2.03. The molecule has 2 rings (SSSR count). The average Bonchev–Trinajstić information content (AvgIpc) is 2.68. The monoisotopic (exact) mass is 294 g/mol. The van der Waals surface area contributed by atoms with Gasteiger partial charge in [-0.2, -0.15) is 0 Å². The maximum Gasteiger partial charge on any atom is 0.407 e. The summed E-state index contributed by atoms with van der Waals surface area (Å²) in [5, 5.41) is 6.61. The minimum atomic E-state index is -0.444. The molecule has 0 aromatic heterocycles. The maximum absolute atomic E-state index is 11.8. The fourth-order valence-electron chi connectivity index (χ4n) is 3.18. The third-order valence-corrected chi connectivity index (χ3v) is 4.46. The van der Waals surface area contributed by atoms with Crippen molar-refractivity contribution in [2.75, 3.05) is 6.54 Å². The van der Waals surface area contributed by atoms with Crippen LogP contribution in [0.15, 0.2) is 12.2 Å². The Morgan fingerprint density at radius 3 is 2.67 bits per heavy atom. The molecule has 0 aliphatic heterocycles. The van der Waals surface area contributed by atoms with Crippen LogP contribution >= 0.6 is 0 Å². The molecule has 4 unspecified atom stereocenters. The molecule has 0 aromatic carbocycles. The van der Waals surface area contributed by atoms with Crippen molar-refractivity contribution in [3.63, 3.8) is 0 Å². The third-order valence-electron chi connectivity index (χ3n) is 4.46. The van der Waals surface area contributed by atoms with Crippen LogP contribution in [0.25, 0.3) is 0 Å². The standard InChI is InChI=1S/C17H30N2O2/c1-11(2)15(10-18-16(20)21-17(3,4)5)19-14-9-12-7-6-8-13(12)14/h6,8,11-15,19H,7,9-10H2,1-5H3,(H,18,20). The van der Waals surface area contributed by atoms with Crippen LogP contribution < -0.4 is 10.6 Å². The van der Waals surface area contributed by atoms with Crippen molar-refractivity contribution in [1.29, 1.82) is 0 Å². The summed E-state index contributed by atoms with van der Waals surface area (Å²) in [5.41, 5.74) is -0.444. The van der Waals surface area contributed by atoms with Gasteiger partial charge in [0.05, 0.1) is 0 Å². The van der Waals surface area contributed by atoms with Crippen LogP contribution in [0.4, 0.5) is 4.79 Å². The van der Waals surface area contributed by atoms with E-state index in [9.17, 15) is 4.79 Å². The van der Waals surface area contributed by atoms with E-state index in [0.29, 0.717) is 24.4 Å². The van der Waals surface area contributed by atoms with Gasteiger partial charge in [-0.25, -0.2) is 4.79 Å². The number of allylic oxidation sites excluding steroid dienone is 1. The second-order valence-corrected chi connectivity index (χ2v) is 7.74. The second kappa shape index (κ2) is 6.39. The van der Waals surface area contributed by atoms with Crippen LogP contribution in [-0.4, -0.2) is 30.3 Å². The Morgan fingerprint density at radius 2 is 2.10 bits per heavy atom. The zero-order valence-corrected chi connectivity index (χ0v) is 14.0. The number of alkyl carbamates (subject to hydrolysis) is 1. The van der Waals surface area contributed by atoms with E-state index in [-0.39, 0.29) is 12.1 Å². The zero-order valence-electron chi connectivity index (χ0n) is 14.0. The normalized spacial score (nSPS) is 29.0. The van der Waals surface area contributed by atoms with Gasteiger partial charge in [-0.1, -0.05) is 26.0 Å². The van der Waals surface area contributed by atoms with Crippen molar-refractivity contribution >= 4 is 6.09 Å². The first-order valence-electron chi connectivity index (χ1n) is 8.16. The molecule has 0 radical (unpaired) electrons. The molecule has 120 valence electrons. The molecule has 0 saturated heterocycles. The predicted octanol–water partition coefficient (Wildman–Crippen LogP) is 3.09. The minimum Gasteiger partial charge on any atom is -0.444 e. The lowest BCUT2D eigenvalue weighted by Crippen LogP contribution is -2.56. The molecule has 0 aromatic rings. The van der Waals surface area contributed by atoms with Gasteiger partial charge in [-0.3, -0.25) is 0 Å². The topological polar surface area (TPSA) is 50.4 Å². The van der Waals surface area contributed by atoms with Gasteiger partial charge in [0, 0.05) is 18.6 Å². The zero-order chi connectivity index (χ0) is 15.6. The highest BCUT2D eigenvalue weighted by molar-refractivity contribution is 5.67. The summed E-state index contributed by atoms with van der Waals surface area (Å²) in [7, 11) is 0. The quantitative estimate of drug-likeness (QED) is 0.766. The fourth-order valence-corrected chi connectivity index (χ4v) is 3.18. The van der Waals surface area contributed by atoms with Crippen molar-refractivity contribution in [3.05, 3.63) is 12.2 Å². The van der Waals surface area contributed by atoms with Crippen molar-refractivity contribution < 1.29 is 9.53 Å². The van der Waals surface area contributed by atoms with E-state index >= 15 is 0 Å². The third kappa shape index (κ3) is 4.47. The molecule has 1 saturated carbocycles. The van der Waals surface area contributed by atoms with Crippen molar-refractivity contribution in [2.24, 2.45) is 17.8 Å². The first kappa shape index (κ1) is 16.3. The number of rotatable bonds is 5. The first-order valence-corrected chi connectivity index (χ1v) is 8.16. The number of fused-ring (bicyclic) bond motifs is 1. The first-order chi connectivity index (χ1) is 9.76. The van der Waals surface area contributed by atoms with E-state index in [1.807, 2.05) is 20.8 Å². The molecule has 4 nitrogen and oxygen atoms in total. The molecule has 1 amide bonds. The Balaban J connectivity index is 1.77. The minimum absolute atomic E-state index is 0.289. The molecule has 1 fully saturated rings.